The van der Waals surface area contributed by atoms with Crippen molar-refractivity contribution >= 4 is 34.8 Å². The first kappa shape index (κ1) is 20.4. The fourth-order valence-electron chi connectivity index (χ4n) is 2.90. The van der Waals surface area contributed by atoms with Gasteiger partial charge in [0.1, 0.15) is 5.82 Å². The fourth-order valence-corrected chi connectivity index (χ4v) is 3.12. The normalized spacial score (nSPS) is 10.4. The molecule has 0 aliphatic carbocycles. The SMILES string of the molecule is C.CN(Cc1ccccc1)c1ccc2nc(NC(=O)c3ccccc3Cl)cn2n1. The minimum Gasteiger partial charge on any atom is -0.354 e. The van der Waals surface area contributed by atoms with E-state index in [1.807, 2.05) is 37.4 Å². The van der Waals surface area contributed by atoms with Crippen molar-refractivity contribution in [1.82, 2.24) is 14.6 Å². The Morgan fingerprint density at radius 2 is 1.79 bits per heavy atom. The minimum absolute atomic E-state index is 0. The second kappa shape index (κ2) is 8.75. The Kier molecular flexibility index (Phi) is 6.14. The van der Waals surface area contributed by atoms with E-state index in [1.54, 1.807) is 35.0 Å². The van der Waals surface area contributed by atoms with Gasteiger partial charge in [-0.1, -0.05) is 61.5 Å². The average Bonchev–Trinajstić information content (AvgIpc) is 3.10. The molecule has 0 atom stereocenters. The van der Waals surface area contributed by atoms with E-state index in [0.717, 1.165) is 12.4 Å². The fraction of sp³-hybridized carbons (Fsp3) is 0.136. The first-order valence-corrected chi connectivity index (χ1v) is 9.15. The Balaban J connectivity index is 0.00000240. The third kappa shape index (κ3) is 4.55. The molecular formula is C22H22ClN5O. The van der Waals surface area contributed by atoms with Crippen LogP contribution in [0.5, 0.6) is 0 Å². The van der Waals surface area contributed by atoms with E-state index < -0.39 is 0 Å². The number of imidazole rings is 1. The lowest BCUT2D eigenvalue weighted by molar-refractivity contribution is 0.102. The van der Waals surface area contributed by atoms with Crippen molar-refractivity contribution in [3.63, 3.8) is 0 Å². The molecule has 4 rings (SSSR count). The molecule has 7 heteroatoms. The van der Waals surface area contributed by atoms with E-state index in [2.05, 4.69) is 32.4 Å². The van der Waals surface area contributed by atoms with Gasteiger partial charge in [-0.05, 0) is 29.8 Å². The summed E-state index contributed by atoms with van der Waals surface area (Å²) in [5.74, 6) is 0.911. The lowest BCUT2D eigenvalue weighted by atomic mass is 10.2. The molecule has 0 fully saturated rings. The molecule has 0 radical (unpaired) electrons. The largest absolute Gasteiger partial charge is 0.354 e. The van der Waals surface area contributed by atoms with E-state index in [1.165, 1.54) is 5.56 Å². The van der Waals surface area contributed by atoms with Gasteiger partial charge in [0.05, 0.1) is 16.8 Å². The molecule has 0 spiro atoms. The zero-order valence-electron chi connectivity index (χ0n) is 15.2. The highest BCUT2D eigenvalue weighted by Gasteiger charge is 2.13. The Labute approximate surface area is 174 Å². The summed E-state index contributed by atoms with van der Waals surface area (Å²) in [6, 6.07) is 20.9. The molecule has 0 aliphatic rings. The number of anilines is 2. The van der Waals surface area contributed by atoms with Crippen molar-refractivity contribution in [2.24, 2.45) is 0 Å². The third-order valence-electron chi connectivity index (χ3n) is 4.32. The smallest absolute Gasteiger partial charge is 0.258 e. The molecule has 2 aromatic heterocycles. The van der Waals surface area contributed by atoms with Crippen LogP contribution in [0.15, 0.2) is 72.9 Å². The van der Waals surface area contributed by atoms with Crippen LogP contribution in [-0.4, -0.2) is 27.6 Å². The van der Waals surface area contributed by atoms with Gasteiger partial charge < -0.3 is 10.2 Å². The lowest BCUT2D eigenvalue weighted by Crippen LogP contribution is -2.18. The monoisotopic (exact) mass is 407 g/mol. The predicted molar refractivity (Wildman–Crippen MR) is 118 cm³/mol. The molecule has 0 saturated heterocycles. The second-order valence-electron chi connectivity index (χ2n) is 6.40. The van der Waals surface area contributed by atoms with Gasteiger partial charge in [0.25, 0.3) is 5.91 Å². The zero-order valence-corrected chi connectivity index (χ0v) is 16.0. The molecule has 2 heterocycles. The van der Waals surface area contributed by atoms with Gasteiger partial charge in [0.2, 0.25) is 0 Å². The van der Waals surface area contributed by atoms with Crippen molar-refractivity contribution < 1.29 is 4.79 Å². The number of benzene rings is 2. The Morgan fingerprint density at radius 1 is 1.07 bits per heavy atom. The number of fused-ring (bicyclic) bond motifs is 1. The van der Waals surface area contributed by atoms with Gasteiger partial charge in [-0.25, -0.2) is 9.50 Å². The molecule has 148 valence electrons. The molecule has 1 amide bonds. The molecule has 0 unspecified atom stereocenters. The summed E-state index contributed by atoms with van der Waals surface area (Å²) < 4.78 is 1.65. The molecule has 29 heavy (non-hydrogen) atoms. The first-order chi connectivity index (χ1) is 13.6. The number of hydrogen-bond donors (Lipinski definition) is 1. The number of carbonyl (C=O) groups is 1. The van der Waals surface area contributed by atoms with Crippen LogP contribution in [0.3, 0.4) is 0 Å². The highest BCUT2D eigenvalue weighted by Crippen LogP contribution is 2.18. The van der Waals surface area contributed by atoms with Crippen LogP contribution in [-0.2, 0) is 6.54 Å². The van der Waals surface area contributed by atoms with E-state index in [4.69, 9.17) is 11.6 Å². The maximum absolute atomic E-state index is 12.4. The van der Waals surface area contributed by atoms with Crippen LogP contribution in [0.1, 0.15) is 23.3 Å². The highest BCUT2D eigenvalue weighted by atomic mass is 35.5. The maximum Gasteiger partial charge on any atom is 0.258 e. The number of hydrogen-bond acceptors (Lipinski definition) is 4. The summed E-state index contributed by atoms with van der Waals surface area (Å²) in [6.45, 7) is 0.740. The van der Waals surface area contributed by atoms with Gasteiger partial charge in [-0.2, -0.15) is 0 Å². The second-order valence-corrected chi connectivity index (χ2v) is 6.80. The molecule has 0 bridgehead atoms. The van der Waals surface area contributed by atoms with Gasteiger partial charge in [0.15, 0.2) is 11.5 Å². The average molecular weight is 408 g/mol. The molecule has 4 aromatic rings. The molecule has 6 nitrogen and oxygen atoms in total. The topological polar surface area (TPSA) is 62.5 Å². The molecule has 1 N–H and O–H groups in total. The zero-order chi connectivity index (χ0) is 19.5. The van der Waals surface area contributed by atoms with E-state index in [0.29, 0.717) is 22.1 Å². The van der Waals surface area contributed by atoms with Gasteiger partial charge >= 0.3 is 0 Å². The van der Waals surface area contributed by atoms with Crippen LogP contribution < -0.4 is 10.2 Å². The summed E-state index contributed by atoms with van der Waals surface area (Å²) >= 11 is 6.08. The van der Waals surface area contributed by atoms with E-state index >= 15 is 0 Å². The summed E-state index contributed by atoms with van der Waals surface area (Å²) in [5.41, 5.74) is 2.24. The molecule has 0 saturated carbocycles. The molecule has 2 aromatic carbocycles. The standard InChI is InChI=1S/C21H18ClN5O.CH4/c1-26(13-15-7-3-2-4-8-15)20-12-11-19-23-18(14-27(19)25-20)24-21(28)16-9-5-6-10-17(16)22;/h2-12,14H,13H2,1H3,(H,24,28);1H4. The summed E-state index contributed by atoms with van der Waals surface area (Å²) in [5, 5.41) is 7.76. The Bertz CT molecular complexity index is 1130. The quantitative estimate of drug-likeness (QED) is 0.510. The number of rotatable bonds is 5. The lowest BCUT2D eigenvalue weighted by Gasteiger charge is -2.17. The van der Waals surface area contributed by atoms with Crippen molar-refractivity contribution in [2.45, 2.75) is 14.0 Å². The van der Waals surface area contributed by atoms with Crippen molar-refractivity contribution in [3.05, 3.63) is 89.1 Å². The van der Waals surface area contributed by atoms with Crippen LogP contribution in [0.4, 0.5) is 11.6 Å². The molecule has 0 aliphatic heterocycles. The summed E-state index contributed by atoms with van der Waals surface area (Å²) in [4.78, 5) is 18.9. The Hall–Kier alpha value is -3.38. The highest BCUT2D eigenvalue weighted by molar-refractivity contribution is 6.34. The van der Waals surface area contributed by atoms with Crippen molar-refractivity contribution in [3.8, 4) is 0 Å². The number of nitrogens with one attached hydrogen (secondary N) is 1. The van der Waals surface area contributed by atoms with E-state index in [-0.39, 0.29) is 13.3 Å². The minimum atomic E-state index is -0.310. The van der Waals surface area contributed by atoms with Gasteiger partial charge in [-0.3, -0.25) is 4.79 Å². The number of halogens is 1. The van der Waals surface area contributed by atoms with Gasteiger partial charge in [0, 0.05) is 13.6 Å². The van der Waals surface area contributed by atoms with Crippen LogP contribution in [0.2, 0.25) is 5.02 Å². The molecular weight excluding hydrogens is 386 g/mol. The first-order valence-electron chi connectivity index (χ1n) is 8.77. The number of amides is 1. The summed E-state index contributed by atoms with van der Waals surface area (Å²) in [7, 11) is 1.98. The van der Waals surface area contributed by atoms with Crippen molar-refractivity contribution in [2.75, 3.05) is 17.3 Å². The Morgan fingerprint density at radius 3 is 2.55 bits per heavy atom. The van der Waals surface area contributed by atoms with Crippen molar-refractivity contribution in [1.29, 1.82) is 0 Å². The predicted octanol–water partition coefficient (Wildman–Crippen LogP) is 4.91. The number of carbonyl (C=O) groups excluding carboxylic acids is 1. The number of aromatic nitrogens is 3. The van der Waals surface area contributed by atoms with Gasteiger partial charge in [-0.15, -0.1) is 5.10 Å². The maximum atomic E-state index is 12.4. The third-order valence-corrected chi connectivity index (χ3v) is 4.65. The number of nitrogens with zero attached hydrogens (tertiary/aromatic N) is 4. The van der Waals surface area contributed by atoms with E-state index in [9.17, 15) is 4.79 Å². The van der Waals surface area contributed by atoms with Crippen LogP contribution in [0, 0.1) is 0 Å². The van der Waals surface area contributed by atoms with Crippen LogP contribution >= 0.6 is 11.6 Å². The summed E-state index contributed by atoms with van der Waals surface area (Å²) in [6.07, 6.45) is 1.68. The van der Waals surface area contributed by atoms with Crippen LogP contribution in [0.25, 0.3) is 5.65 Å².